The van der Waals surface area contributed by atoms with E-state index in [0.29, 0.717) is 13.0 Å². The van der Waals surface area contributed by atoms with E-state index in [0.717, 1.165) is 4.90 Å². The number of aliphatic hydroxyl groups excluding tert-OH is 1. The van der Waals surface area contributed by atoms with Gasteiger partial charge in [0.2, 0.25) is 0 Å². The molecule has 1 fully saturated rings. The summed E-state index contributed by atoms with van der Waals surface area (Å²) >= 11 is 0. The molecule has 112 valence electrons. The predicted octanol–water partition coefficient (Wildman–Crippen LogP) is -0.877. The quantitative estimate of drug-likeness (QED) is 0.640. The molecule has 0 aromatic rings. The van der Waals surface area contributed by atoms with Crippen molar-refractivity contribution in [2.75, 3.05) is 40.3 Å². The van der Waals surface area contributed by atoms with Crippen molar-refractivity contribution in [3.05, 3.63) is 0 Å². The number of aliphatic carboxylic acids is 1. The maximum absolute atomic E-state index is 12.4. The van der Waals surface area contributed by atoms with Gasteiger partial charge in [0.25, 0.3) is 0 Å². The Balaban J connectivity index is 2.80. The summed E-state index contributed by atoms with van der Waals surface area (Å²) in [7, 11) is 3.76. The van der Waals surface area contributed by atoms with E-state index >= 15 is 0 Å². The first-order valence-corrected chi connectivity index (χ1v) is 6.38. The van der Waals surface area contributed by atoms with Crippen molar-refractivity contribution in [3.63, 3.8) is 0 Å². The molecule has 1 heterocycles. The summed E-state index contributed by atoms with van der Waals surface area (Å²) in [5.41, 5.74) is 0. The first-order chi connectivity index (χ1) is 9.35. The van der Waals surface area contributed by atoms with Crippen LogP contribution in [0.1, 0.15) is 6.42 Å². The lowest BCUT2D eigenvalue weighted by Gasteiger charge is -2.31. The molecule has 20 heavy (non-hydrogen) atoms. The Morgan fingerprint density at radius 1 is 1.45 bits per heavy atom. The van der Waals surface area contributed by atoms with E-state index < -0.39 is 24.6 Å². The number of likely N-dealkylation sites (tertiary alicyclic amines) is 1. The molecule has 0 spiro atoms. The first kappa shape index (κ1) is 16.3. The molecule has 1 saturated heterocycles. The van der Waals surface area contributed by atoms with Gasteiger partial charge in [-0.05, 0) is 20.5 Å². The lowest BCUT2D eigenvalue weighted by atomic mass is 10.2. The second kappa shape index (κ2) is 7.12. The number of terminal acetylenes is 1. The standard InChI is InChI=1S/C13H21N3O4/c1-4-5-15(9-12(18)19)13(20)16-8-11(17)6-10(16)7-14(2)3/h1,10-11,17H,5-9H2,2-3H3,(H,18,19). The Kier molecular flexibility index (Phi) is 5.80. The summed E-state index contributed by atoms with van der Waals surface area (Å²) in [4.78, 5) is 27.7. The molecule has 0 bridgehead atoms. The van der Waals surface area contributed by atoms with Crippen LogP contribution in [0.15, 0.2) is 0 Å². The summed E-state index contributed by atoms with van der Waals surface area (Å²) in [6.45, 7) is 0.314. The van der Waals surface area contributed by atoms with E-state index in [-0.39, 0.29) is 19.1 Å². The molecule has 2 unspecified atom stereocenters. The Bertz CT molecular complexity index is 405. The van der Waals surface area contributed by atoms with Crippen molar-refractivity contribution in [2.24, 2.45) is 0 Å². The van der Waals surface area contributed by atoms with Crippen LogP contribution in [0, 0.1) is 12.3 Å². The molecule has 0 saturated carbocycles. The molecular formula is C13H21N3O4. The number of carboxylic acids is 1. The number of amides is 2. The highest BCUT2D eigenvalue weighted by Crippen LogP contribution is 2.20. The van der Waals surface area contributed by atoms with Crippen molar-refractivity contribution in [3.8, 4) is 12.3 Å². The lowest BCUT2D eigenvalue weighted by Crippen LogP contribution is -2.49. The van der Waals surface area contributed by atoms with Crippen LogP contribution in [0.3, 0.4) is 0 Å². The number of rotatable bonds is 5. The van der Waals surface area contributed by atoms with Gasteiger partial charge >= 0.3 is 12.0 Å². The number of hydrogen-bond donors (Lipinski definition) is 2. The number of carboxylic acid groups (broad SMARTS) is 1. The van der Waals surface area contributed by atoms with Gasteiger partial charge in [-0.15, -0.1) is 6.42 Å². The molecule has 2 amide bonds. The summed E-state index contributed by atoms with van der Waals surface area (Å²) in [6.07, 6.45) is 5.08. The van der Waals surface area contributed by atoms with Crippen LogP contribution >= 0.6 is 0 Å². The fourth-order valence-corrected chi connectivity index (χ4v) is 2.37. The van der Waals surface area contributed by atoms with E-state index in [2.05, 4.69) is 5.92 Å². The molecule has 0 aliphatic carbocycles. The number of likely N-dealkylation sites (N-methyl/N-ethyl adjacent to an activating group) is 1. The van der Waals surface area contributed by atoms with Crippen LogP contribution in [0.5, 0.6) is 0 Å². The van der Waals surface area contributed by atoms with E-state index in [1.807, 2.05) is 19.0 Å². The lowest BCUT2D eigenvalue weighted by molar-refractivity contribution is -0.137. The molecular weight excluding hydrogens is 262 g/mol. The number of hydrogen-bond acceptors (Lipinski definition) is 4. The molecule has 1 aliphatic heterocycles. The maximum atomic E-state index is 12.4. The van der Waals surface area contributed by atoms with Crippen LogP contribution < -0.4 is 0 Å². The molecule has 7 nitrogen and oxygen atoms in total. The number of β-amino-alcohol motifs (C(OH)–C–C–N with tert-alkyl or cyclic N) is 1. The van der Waals surface area contributed by atoms with Crippen LogP contribution in [0.2, 0.25) is 0 Å². The number of carbonyl (C=O) groups excluding carboxylic acids is 1. The van der Waals surface area contributed by atoms with Gasteiger partial charge in [0, 0.05) is 19.1 Å². The van der Waals surface area contributed by atoms with Gasteiger partial charge in [-0.1, -0.05) is 5.92 Å². The SMILES string of the molecule is C#CCN(CC(=O)O)C(=O)N1CC(O)CC1CN(C)C. The number of carbonyl (C=O) groups is 2. The first-order valence-electron chi connectivity index (χ1n) is 6.38. The molecule has 2 atom stereocenters. The highest BCUT2D eigenvalue weighted by Gasteiger charge is 2.36. The molecule has 0 aromatic carbocycles. The zero-order valence-corrected chi connectivity index (χ0v) is 11.8. The Morgan fingerprint density at radius 3 is 2.60 bits per heavy atom. The summed E-state index contributed by atoms with van der Waals surface area (Å²) in [5.74, 6) is 1.17. The Labute approximate surface area is 118 Å². The highest BCUT2D eigenvalue weighted by atomic mass is 16.4. The Morgan fingerprint density at radius 2 is 2.10 bits per heavy atom. The van der Waals surface area contributed by atoms with Crippen molar-refractivity contribution in [1.29, 1.82) is 0 Å². The van der Waals surface area contributed by atoms with Crippen molar-refractivity contribution < 1.29 is 19.8 Å². The maximum Gasteiger partial charge on any atom is 0.323 e. The van der Waals surface area contributed by atoms with Gasteiger partial charge in [0.05, 0.1) is 12.6 Å². The zero-order chi connectivity index (χ0) is 15.3. The van der Waals surface area contributed by atoms with Gasteiger partial charge in [0.1, 0.15) is 6.54 Å². The normalized spacial score (nSPS) is 21.9. The molecule has 2 N–H and O–H groups in total. The average Bonchev–Trinajstić information content (AvgIpc) is 2.67. The van der Waals surface area contributed by atoms with Gasteiger partial charge < -0.3 is 24.9 Å². The third kappa shape index (κ3) is 4.40. The fourth-order valence-electron chi connectivity index (χ4n) is 2.37. The molecule has 1 rings (SSSR count). The second-order valence-electron chi connectivity index (χ2n) is 5.19. The van der Waals surface area contributed by atoms with Crippen LogP contribution in [-0.4, -0.2) is 89.3 Å². The van der Waals surface area contributed by atoms with Gasteiger partial charge in [-0.2, -0.15) is 0 Å². The minimum absolute atomic E-state index is 0.0631. The number of nitrogens with zero attached hydrogens (tertiary/aromatic N) is 3. The smallest absolute Gasteiger partial charge is 0.323 e. The van der Waals surface area contributed by atoms with Crippen LogP contribution in [0.25, 0.3) is 0 Å². The summed E-state index contributed by atoms with van der Waals surface area (Å²) in [5, 5.41) is 18.6. The largest absolute Gasteiger partial charge is 0.480 e. The molecule has 7 heteroatoms. The molecule has 0 aromatic heterocycles. The third-order valence-corrected chi connectivity index (χ3v) is 3.09. The third-order valence-electron chi connectivity index (χ3n) is 3.09. The molecule has 1 aliphatic rings. The molecule has 0 radical (unpaired) electrons. The zero-order valence-electron chi connectivity index (χ0n) is 11.8. The van der Waals surface area contributed by atoms with Crippen LogP contribution in [-0.2, 0) is 4.79 Å². The van der Waals surface area contributed by atoms with Crippen molar-refractivity contribution in [2.45, 2.75) is 18.6 Å². The fraction of sp³-hybridized carbons (Fsp3) is 0.692. The van der Waals surface area contributed by atoms with Gasteiger partial charge in [0.15, 0.2) is 0 Å². The second-order valence-corrected chi connectivity index (χ2v) is 5.19. The predicted molar refractivity (Wildman–Crippen MR) is 73.1 cm³/mol. The minimum atomic E-state index is -1.11. The number of aliphatic hydroxyl groups is 1. The van der Waals surface area contributed by atoms with E-state index in [4.69, 9.17) is 11.5 Å². The topological polar surface area (TPSA) is 84.3 Å². The van der Waals surface area contributed by atoms with Crippen molar-refractivity contribution in [1.82, 2.24) is 14.7 Å². The van der Waals surface area contributed by atoms with Crippen molar-refractivity contribution >= 4 is 12.0 Å². The van der Waals surface area contributed by atoms with Gasteiger partial charge in [-0.3, -0.25) is 4.79 Å². The summed E-state index contributed by atoms with van der Waals surface area (Å²) < 4.78 is 0. The van der Waals surface area contributed by atoms with E-state index in [1.54, 1.807) is 0 Å². The highest BCUT2D eigenvalue weighted by molar-refractivity contribution is 5.81. The average molecular weight is 283 g/mol. The Hall–Kier alpha value is -1.78. The number of urea groups is 1. The van der Waals surface area contributed by atoms with E-state index in [1.165, 1.54) is 4.90 Å². The van der Waals surface area contributed by atoms with E-state index in [9.17, 15) is 14.7 Å². The van der Waals surface area contributed by atoms with Crippen LogP contribution in [0.4, 0.5) is 4.79 Å². The van der Waals surface area contributed by atoms with Gasteiger partial charge in [-0.25, -0.2) is 4.79 Å². The summed E-state index contributed by atoms with van der Waals surface area (Å²) in [6, 6.07) is -0.574. The monoisotopic (exact) mass is 283 g/mol. The minimum Gasteiger partial charge on any atom is -0.480 e.